The monoisotopic (exact) mass is 354 g/mol. The summed E-state index contributed by atoms with van der Waals surface area (Å²) in [6.45, 7) is 0. The van der Waals surface area contributed by atoms with Gasteiger partial charge in [0.15, 0.2) is 0 Å². The number of nitrogens with zero attached hydrogens (tertiary/aromatic N) is 2. The Labute approximate surface area is 138 Å². The summed E-state index contributed by atoms with van der Waals surface area (Å²) in [7, 11) is 1.66. The number of aliphatic imine (C=N–C) groups is 1. The zero-order valence-electron chi connectivity index (χ0n) is 12.1. The van der Waals surface area contributed by atoms with Crippen LogP contribution < -0.4 is 4.74 Å². The summed E-state index contributed by atoms with van der Waals surface area (Å²) < 4.78 is 8.29. The highest BCUT2D eigenvalue weighted by Gasteiger charge is 2.01. The number of hydrogen-bond donors (Lipinski definition) is 0. The first-order valence-electron chi connectivity index (χ1n) is 6.88. The van der Waals surface area contributed by atoms with Crippen molar-refractivity contribution in [2.24, 2.45) is 4.99 Å². The number of ether oxygens (including phenoxy) is 1. The van der Waals surface area contributed by atoms with Crippen LogP contribution in [0.25, 0.3) is 5.69 Å². The van der Waals surface area contributed by atoms with Crippen molar-refractivity contribution in [3.63, 3.8) is 0 Å². The number of halogens is 1. The Morgan fingerprint density at radius 3 is 2.59 bits per heavy atom. The molecular formula is C18H15BrN2O. The molecule has 4 heteroatoms. The van der Waals surface area contributed by atoms with Crippen LogP contribution >= 0.6 is 15.9 Å². The van der Waals surface area contributed by atoms with E-state index in [1.54, 1.807) is 7.11 Å². The molecule has 0 aliphatic rings. The van der Waals surface area contributed by atoms with Crippen LogP contribution in [0.1, 0.15) is 5.69 Å². The Morgan fingerprint density at radius 1 is 1.05 bits per heavy atom. The van der Waals surface area contributed by atoms with Gasteiger partial charge in [-0.1, -0.05) is 22.0 Å². The molecule has 3 rings (SSSR count). The summed E-state index contributed by atoms with van der Waals surface area (Å²) in [4.78, 5) is 4.52. The fourth-order valence-corrected chi connectivity index (χ4v) is 2.56. The molecule has 0 N–H and O–H groups in total. The number of rotatable bonds is 4. The second-order valence-corrected chi connectivity index (χ2v) is 5.65. The zero-order valence-corrected chi connectivity index (χ0v) is 13.7. The third-order valence-electron chi connectivity index (χ3n) is 3.28. The Morgan fingerprint density at radius 2 is 1.86 bits per heavy atom. The van der Waals surface area contributed by atoms with Crippen LogP contribution in [-0.2, 0) is 0 Å². The Kier molecular flexibility index (Phi) is 4.39. The van der Waals surface area contributed by atoms with Crippen molar-refractivity contribution in [1.29, 1.82) is 0 Å². The fraction of sp³-hybridized carbons (Fsp3) is 0.0556. The lowest BCUT2D eigenvalue weighted by atomic mass is 10.3. The SMILES string of the molecule is COc1ccc(N=Cc2cccn2-c2cccc(Br)c2)cc1. The first-order chi connectivity index (χ1) is 10.8. The number of aromatic nitrogens is 1. The van der Waals surface area contributed by atoms with Gasteiger partial charge in [-0.05, 0) is 54.6 Å². The standard InChI is InChI=1S/C18H15BrN2O/c1-22-18-9-7-15(8-10-18)20-13-17-6-3-11-21(17)16-5-2-4-14(19)12-16/h2-13H,1H3. The fourth-order valence-electron chi connectivity index (χ4n) is 2.17. The Bertz CT molecular complexity index is 791. The molecule has 3 nitrogen and oxygen atoms in total. The molecule has 0 aliphatic heterocycles. The molecule has 0 bridgehead atoms. The predicted octanol–water partition coefficient (Wildman–Crippen LogP) is 5.00. The van der Waals surface area contributed by atoms with Crippen molar-refractivity contribution in [3.05, 3.63) is 77.0 Å². The first-order valence-corrected chi connectivity index (χ1v) is 7.67. The smallest absolute Gasteiger partial charge is 0.119 e. The van der Waals surface area contributed by atoms with Gasteiger partial charge < -0.3 is 9.30 Å². The van der Waals surface area contributed by atoms with Gasteiger partial charge in [-0.3, -0.25) is 4.99 Å². The van der Waals surface area contributed by atoms with E-state index < -0.39 is 0 Å². The van der Waals surface area contributed by atoms with Crippen LogP contribution in [0.3, 0.4) is 0 Å². The average Bonchev–Trinajstić information content (AvgIpc) is 3.02. The highest BCUT2D eigenvalue weighted by molar-refractivity contribution is 9.10. The second-order valence-electron chi connectivity index (χ2n) is 4.74. The molecule has 0 spiro atoms. The van der Waals surface area contributed by atoms with Gasteiger partial charge in [-0.2, -0.15) is 0 Å². The van der Waals surface area contributed by atoms with Crippen LogP contribution in [0.4, 0.5) is 5.69 Å². The predicted molar refractivity (Wildman–Crippen MR) is 93.7 cm³/mol. The largest absolute Gasteiger partial charge is 0.497 e. The zero-order chi connectivity index (χ0) is 15.4. The molecule has 0 radical (unpaired) electrons. The van der Waals surface area contributed by atoms with Gasteiger partial charge in [0.1, 0.15) is 5.75 Å². The molecule has 0 unspecified atom stereocenters. The van der Waals surface area contributed by atoms with Gasteiger partial charge in [0.25, 0.3) is 0 Å². The van der Waals surface area contributed by atoms with E-state index in [0.29, 0.717) is 0 Å². The maximum absolute atomic E-state index is 5.15. The van der Waals surface area contributed by atoms with Crippen molar-refractivity contribution in [1.82, 2.24) is 4.57 Å². The third-order valence-corrected chi connectivity index (χ3v) is 3.78. The Hall–Kier alpha value is -2.33. The topological polar surface area (TPSA) is 26.5 Å². The quantitative estimate of drug-likeness (QED) is 0.605. The summed E-state index contributed by atoms with van der Waals surface area (Å²) in [6, 6.07) is 19.9. The van der Waals surface area contributed by atoms with Crippen LogP contribution in [0.2, 0.25) is 0 Å². The molecule has 0 fully saturated rings. The van der Waals surface area contributed by atoms with Gasteiger partial charge in [0, 0.05) is 16.4 Å². The molecule has 110 valence electrons. The lowest BCUT2D eigenvalue weighted by Crippen LogP contribution is -1.97. The third kappa shape index (κ3) is 3.28. The lowest BCUT2D eigenvalue weighted by Gasteiger charge is -2.06. The van der Waals surface area contributed by atoms with Crippen molar-refractivity contribution < 1.29 is 4.74 Å². The second kappa shape index (κ2) is 6.62. The molecule has 0 amide bonds. The lowest BCUT2D eigenvalue weighted by molar-refractivity contribution is 0.415. The van der Waals surface area contributed by atoms with Gasteiger partial charge in [0.05, 0.1) is 24.7 Å². The molecular weight excluding hydrogens is 340 g/mol. The van der Waals surface area contributed by atoms with Gasteiger partial charge in [0.2, 0.25) is 0 Å². The molecule has 0 saturated heterocycles. The number of benzene rings is 2. The summed E-state index contributed by atoms with van der Waals surface area (Å²) in [5.74, 6) is 0.830. The number of methoxy groups -OCH3 is 1. The summed E-state index contributed by atoms with van der Waals surface area (Å²) in [6.07, 6.45) is 3.89. The normalized spacial score (nSPS) is 11.0. The molecule has 2 aromatic carbocycles. The van der Waals surface area contributed by atoms with Crippen molar-refractivity contribution in [2.45, 2.75) is 0 Å². The summed E-state index contributed by atoms with van der Waals surface area (Å²) in [5, 5.41) is 0. The molecule has 1 aromatic heterocycles. The molecule has 0 aliphatic carbocycles. The minimum atomic E-state index is 0.830. The van der Waals surface area contributed by atoms with E-state index in [1.807, 2.05) is 60.9 Å². The van der Waals surface area contributed by atoms with E-state index in [1.165, 1.54) is 0 Å². The molecule has 1 heterocycles. The van der Waals surface area contributed by atoms with Crippen LogP contribution in [0.5, 0.6) is 5.75 Å². The van der Waals surface area contributed by atoms with E-state index in [0.717, 1.165) is 27.3 Å². The number of hydrogen-bond acceptors (Lipinski definition) is 2. The van der Waals surface area contributed by atoms with Crippen LogP contribution in [0.15, 0.2) is 76.3 Å². The van der Waals surface area contributed by atoms with Crippen LogP contribution in [-0.4, -0.2) is 17.9 Å². The summed E-state index contributed by atoms with van der Waals surface area (Å²) >= 11 is 3.50. The van der Waals surface area contributed by atoms with E-state index in [-0.39, 0.29) is 0 Å². The first kappa shape index (κ1) is 14.6. The van der Waals surface area contributed by atoms with E-state index in [9.17, 15) is 0 Å². The highest BCUT2D eigenvalue weighted by atomic mass is 79.9. The van der Waals surface area contributed by atoms with Crippen molar-refractivity contribution in [2.75, 3.05) is 7.11 Å². The van der Waals surface area contributed by atoms with Crippen molar-refractivity contribution in [3.8, 4) is 11.4 Å². The molecule has 0 saturated carbocycles. The highest BCUT2D eigenvalue weighted by Crippen LogP contribution is 2.19. The Balaban J connectivity index is 1.87. The molecule has 3 aromatic rings. The van der Waals surface area contributed by atoms with Crippen molar-refractivity contribution >= 4 is 27.8 Å². The molecule has 0 atom stereocenters. The maximum atomic E-state index is 5.15. The van der Waals surface area contributed by atoms with Gasteiger partial charge in [-0.15, -0.1) is 0 Å². The van der Waals surface area contributed by atoms with Gasteiger partial charge in [-0.25, -0.2) is 0 Å². The van der Waals surface area contributed by atoms with E-state index >= 15 is 0 Å². The molecule has 22 heavy (non-hydrogen) atoms. The minimum Gasteiger partial charge on any atom is -0.497 e. The van der Waals surface area contributed by atoms with E-state index in [4.69, 9.17) is 4.74 Å². The minimum absolute atomic E-state index is 0.830. The average molecular weight is 355 g/mol. The van der Waals surface area contributed by atoms with E-state index in [2.05, 4.69) is 37.6 Å². The van der Waals surface area contributed by atoms with Gasteiger partial charge >= 0.3 is 0 Å². The summed E-state index contributed by atoms with van der Waals surface area (Å²) in [5.41, 5.74) is 3.01. The van der Waals surface area contributed by atoms with Crippen LogP contribution in [0, 0.1) is 0 Å². The maximum Gasteiger partial charge on any atom is 0.119 e.